The maximum atomic E-state index is 13.3. The van der Waals surface area contributed by atoms with E-state index < -0.39 is 0 Å². The van der Waals surface area contributed by atoms with Gasteiger partial charge in [0.05, 0.1) is 12.8 Å². The van der Waals surface area contributed by atoms with Gasteiger partial charge in [0.1, 0.15) is 12.3 Å². The van der Waals surface area contributed by atoms with E-state index in [9.17, 15) is 9.59 Å². The zero-order chi connectivity index (χ0) is 26.8. The van der Waals surface area contributed by atoms with Crippen molar-refractivity contribution in [3.8, 4) is 28.5 Å². The molecule has 10 nitrogen and oxygen atoms in total. The maximum absolute atomic E-state index is 13.3. The summed E-state index contributed by atoms with van der Waals surface area (Å²) in [5, 5.41) is 8.90. The molecular weight excluding hydrogens is 498 g/mol. The van der Waals surface area contributed by atoms with Crippen LogP contribution in [-0.2, 0) is 4.79 Å². The Hall–Kier alpha value is -4.34. The van der Waals surface area contributed by atoms with E-state index in [1.54, 1.807) is 30.2 Å². The van der Waals surface area contributed by atoms with Crippen molar-refractivity contribution in [1.29, 1.82) is 0 Å². The van der Waals surface area contributed by atoms with E-state index in [2.05, 4.69) is 15.1 Å². The molecule has 0 bridgehead atoms. The van der Waals surface area contributed by atoms with Gasteiger partial charge in [-0.05, 0) is 61.7 Å². The first kappa shape index (κ1) is 25.0. The number of amides is 2. The fourth-order valence-electron chi connectivity index (χ4n) is 5.02. The van der Waals surface area contributed by atoms with Crippen molar-refractivity contribution in [1.82, 2.24) is 20.0 Å². The topological polar surface area (TPSA) is 97.3 Å². The lowest BCUT2D eigenvalue weighted by molar-refractivity contribution is -0.131. The average Bonchev–Trinajstić information content (AvgIpc) is 3.76. The monoisotopic (exact) mass is 529 g/mol. The number of fused-ring (bicyclic) bond motifs is 1. The summed E-state index contributed by atoms with van der Waals surface area (Å²) in [4.78, 5) is 32.4. The summed E-state index contributed by atoms with van der Waals surface area (Å²) >= 11 is 0. The minimum atomic E-state index is -0.146. The second-order valence-corrected chi connectivity index (χ2v) is 9.96. The van der Waals surface area contributed by atoms with E-state index in [4.69, 9.17) is 14.2 Å². The van der Waals surface area contributed by atoms with E-state index in [0.29, 0.717) is 36.7 Å². The summed E-state index contributed by atoms with van der Waals surface area (Å²) in [5.41, 5.74) is 2.23. The van der Waals surface area contributed by atoms with Crippen molar-refractivity contribution >= 4 is 17.6 Å². The molecule has 2 aliphatic heterocycles. The normalized spacial score (nSPS) is 16.5. The van der Waals surface area contributed by atoms with Gasteiger partial charge in [0.2, 0.25) is 12.7 Å². The molecule has 2 aromatic carbocycles. The molecule has 1 saturated carbocycles. The molecule has 202 valence electrons. The summed E-state index contributed by atoms with van der Waals surface area (Å²) in [6, 6.07) is 17.0. The number of carbonyl (C=O) groups excluding carboxylic acids is 2. The van der Waals surface area contributed by atoms with Crippen molar-refractivity contribution in [2.45, 2.75) is 25.3 Å². The van der Waals surface area contributed by atoms with E-state index in [0.717, 1.165) is 48.6 Å². The van der Waals surface area contributed by atoms with Crippen LogP contribution in [0.1, 0.15) is 29.6 Å². The Bertz CT molecular complexity index is 1360. The number of ether oxygens (including phenoxy) is 3. The van der Waals surface area contributed by atoms with E-state index in [1.165, 1.54) is 0 Å². The highest BCUT2D eigenvalue weighted by atomic mass is 16.7. The Kier molecular flexibility index (Phi) is 6.91. The number of aromatic nitrogens is 2. The molecular formula is C29H31N5O5. The van der Waals surface area contributed by atoms with E-state index in [1.807, 2.05) is 41.3 Å². The molecule has 6 rings (SSSR count). The summed E-state index contributed by atoms with van der Waals surface area (Å²) in [6.45, 7) is 2.86. The number of hydrogen-bond donors (Lipinski definition) is 0. The molecule has 1 aromatic heterocycles. The lowest BCUT2D eigenvalue weighted by Crippen LogP contribution is -2.45. The van der Waals surface area contributed by atoms with Crippen LogP contribution in [-0.4, -0.2) is 84.5 Å². The first-order valence-electron chi connectivity index (χ1n) is 13.3. The van der Waals surface area contributed by atoms with Crippen LogP contribution in [0.25, 0.3) is 11.3 Å². The smallest absolute Gasteiger partial charge is 0.254 e. The number of anilines is 1. The molecule has 3 heterocycles. The van der Waals surface area contributed by atoms with Crippen molar-refractivity contribution in [2.24, 2.45) is 0 Å². The van der Waals surface area contributed by atoms with Crippen molar-refractivity contribution < 1.29 is 23.8 Å². The molecule has 0 atom stereocenters. The quantitative estimate of drug-likeness (QED) is 0.460. The van der Waals surface area contributed by atoms with Crippen LogP contribution < -0.4 is 19.1 Å². The van der Waals surface area contributed by atoms with Crippen molar-refractivity contribution in [3.05, 3.63) is 60.2 Å². The van der Waals surface area contributed by atoms with Gasteiger partial charge in [0.15, 0.2) is 17.3 Å². The minimum absolute atomic E-state index is 0.0303. The highest BCUT2D eigenvalue weighted by molar-refractivity contribution is 5.97. The molecule has 39 heavy (non-hydrogen) atoms. The van der Waals surface area contributed by atoms with Gasteiger partial charge in [0, 0.05) is 43.3 Å². The largest absolute Gasteiger partial charge is 0.497 e. The van der Waals surface area contributed by atoms with Gasteiger partial charge in [-0.15, -0.1) is 10.2 Å². The number of rotatable bonds is 7. The first-order chi connectivity index (χ1) is 19.1. The minimum Gasteiger partial charge on any atom is -0.497 e. The summed E-state index contributed by atoms with van der Waals surface area (Å²) < 4.78 is 16.1. The lowest BCUT2D eigenvalue weighted by Gasteiger charge is -2.27. The molecule has 0 N–H and O–H groups in total. The van der Waals surface area contributed by atoms with Crippen molar-refractivity contribution in [2.75, 3.05) is 51.5 Å². The van der Waals surface area contributed by atoms with Gasteiger partial charge in [-0.3, -0.25) is 9.59 Å². The number of carbonyl (C=O) groups is 2. The first-order valence-corrected chi connectivity index (χ1v) is 13.3. The molecule has 3 aromatic rings. The number of nitrogens with zero attached hydrogens (tertiary/aromatic N) is 5. The third-order valence-electron chi connectivity index (χ3n) is 7.36. The summed E-state index contributed by atoms with van der Waals surface area (Å²) in [6.07, 6.45) is 2.65. The third-order valence-corrected chi connectivity index (χ3v) is 7.36. The van der Waals surface area contributed by atoms with Gasteiger partial charge in [-0.25, -0.2) is 0 Å². The Labute approximate surface area is 227 Å². The fraction of sp³-hybridized carbons (Fsp3) is 0.379. The molecule has 1 aliphatic carbocycles. The number of methoxy groups -OCH3 is 1. The second kappa shape index (κ2) is 10.8. The Morgan fingerprint density at radius 3 is 2.64 bits per heavy atom. The molecule has 10 heteroatoms. The molecule has 2 amide bonds. The molecule has 0 radical (unpaired) electrons. The molecule has 0 spiro atoms. The van der Waals surface area contributed by atoms with Crippen LogP contribution >= 0.6 is 0 Å². The van der Waals surface area contributed by atoms with Crippen LogP contribution in [0.15, 0.2) is 54.6 Å². The Balaban J connectivity index is 1.08. The molecule has 3 aliphatic rings. The predicted molar refractivity (Wildman–Crippen MR) is 144 cm³/mol. The standard InChI is InChI=1S/C29H31N5O5/c1-37-23-5-2-4-20(16-23)24-9-11-27(31-30-24)32-12-3-13-33(15-14-32)28(35)18-34(22-7-8-22)29(36)21-6-10-25-26(17-21)39-19-38-25/h2,4-6,9-11,16-17,22H,3,7-8,12-15,18-19H2,1H3. The SMILES string of the molecule is COc1cccc(-c2ccc(N3CCCN(C(=O)CN(C(=O)c4ccc5c(c4)OCO5)C4CC4)CC3)nn2)c1. The number of benzene rings is 2. The van der Waals surface area contributed by atoms with Crippen LogP contribution in [0, 0.1) is 0 Å². The molecule has 0 unspecified atom stereocenters. The van der Waals surface area contributed by atoms with Crippen LogP contribution in [0.3, 0.4) is 0 Å². The highest BCUT2D eigenvalue weighted by Crippen LogP contribution is 2.34. The maximum Gasteiger partial charge on any atom is 0.254 e. The Morgan fingerprint density at radius 2 is 1.85 bits per heavy atom. The van der Waals surface area contributed by atoms with E-state index >= 15 is 0 Å². The molecule has 2 fully saturated rings. The zero-order valence-corrected chi connectivity index (χ0v) is 21.9. The van der Waals surface area contributed by atoms with Gasteiger partial charge in [-0.2, -0.15) is 0 Å². The number of hydrogen-bond acceptors (Lipinski definition) is 8. The fourth-order valence-corrected chi connectivity index (χ4v) is 5.02. The summed E-state index contributed by atoms with van der Waals surface area (Å²) in [5.74, 6) is 2.58. The van der Waals surface area contributed by atoms with E-state index in [-0.39, 0.29) is 31.2 Å². The van der Waals surface area contributed by atoms with Gasteiger partial charge in [-0.1, -0.05) is 12.1 Å². The lowest BCUT2D eigenvalue weighted by atomic mass is 10.1. The zero-order valence-electron chi connectivity index (χ0n) is 21.9. The third kappa shape index (κ3) is 5.45. The second-order valence-electron chi connectivity index (χ2n) is 9.96. The summed E-state index contributed by atoms with van der Waals surface area (Å²) in [7, 11) is 1.64. The van der Waals surface area contributed by atoms with Gasteiger partial charge < -0.3 is 28.9 Å². The van der Waals surface area contributed by atoms with Crippen LogP contribution in [0.4, 0.5) is 5.82 Å². The average molecular weight is 530 g/mol. The van der Waals surface area contributed by atoms with Gasteiger partial charge in [0.25, 0.3) is 5.91 Å². The van der Waals surface area contributed by atoms with Crippen molar-refractivity contribution in [3.63, 3.8) is 0 Å². The molecule has 1 saturated heterocycles. The van der Waals surface area contributed by atoms with Crippen LogP contribution in [0.2, 0.25) is 0 Å². The van der Waals surface area contributed by atoms with Gasteiger partial charge >= 0.3 is 0 Å². The van der Waals surface area contributed by atoms with Crippen LogP contribution in [0.5, 0.6) is 17.2 Å². The Morgan fingerprint density at radius 1 is 0.974 bits per heavy atom. The predicted octanol–water partition coefficient (Wildman–Crippen LogP) is 3.22. The highest BCUT2D eigenvalue weighted by Gasteiger charge is 2.36.